The van der Waals surface area contributed by atoms with Crippen molar-refractivity contribution in [2.24, 2.45) is 0 Å². The number of nitrogens with one attached hydrogen (secondary N) is 1. The molecule has 2 atom stereocenters. The van der Waals surface area contributed by atoms with Crippen molar-refractivity contribution in [3.63, 3.8) is 0 Å². The lowest BCUT2D eigenvalue weighted by molar-refractivity contribution is 0.0876. The SMILES string of the molecule is Cc1cc(C)n(Cn2ccc(C(=O)NC3CC4CCC(C3)N4C)n2)n1. The monoisotopic (exact) mass is 342 g/mol. The molecule has 1 N–H and O–H groups in total. The van der Waals surface area contributed by atoms with E-state index in [0.29, 0.717) is 24.4 Å². The van der Waals surface area contributed by atoms with Gasteiger partial charge in [0.2, 0.25) is 0 Å². The maximum Gasteiger partial charge on any atom is 0.271 e. The van der Waals surface area contributed by atoms with Crippen molar-refractivity contribution in [3.05, 3.63) is 35.4 Å². The number of aromatic nitrogens is 4. The Balaban J connectivity index is 1.38. The van der Waals surface area contributed by atoms with E-state index in [0.717, 1.165) is 24.2 Å². The highest BCUT2D eigenvalue weighted by molar-refractivity contribution is 5.92. The van der Waals surface area contributed by atoms with Gasteiger partial charge in [0.05, 0.1) is 5.69 Å². The molecule has 0 aromatic carbocycles. The zero-order chi connectivity index (χ0) is 17.6. The first-order chi connectivity index (χ1) is 12.0. The van der Waals surface area contributed by atoms with Crippen LogP contribution in [-0.4, -0.2) is 55.5 Å². The number of hydrogen-bond acceptors (Lipinski definition) is 4. The molecule has 0 saturated carbocycles. The molecule has 2 aromatic heterocycles. The summed E-state index contributed by atoms with van der Waals surface area (Å²) in [7, 11) is 2.21. The molecule has 2 saturated heterocycles. The van der Waals surface area contributed by atoms with Crippen molar-refractivity contribution in [1.29, 1.82) is 0 Å². The molecule has 0 aliphatic carbocycles. The van der Waals surface area contributed by atoms with E-state index in [1.165, 1.54) is 12.8 Å². The van der Waals surface area contributed by atoms with Gasteiger partial charge in [-0.25, -0.2) is 4.68 Å². The largest absolute Gasteiger partial charge is 0.348 e. The van der Waals surface area contributed by atoms with E-state index in [-0.39, 0.29) is 11.9 Å². The highest BCUT2D eigenvalue weighted by atomic mass is 16.2. The van der Waals surface area contributed by atoms with Crippen LogP contribution in [-0.2, 0) is 6.67 Å². The summed E-state index contributed by atoms with van der Waals surface area (Å²) in [6, 6.07) is 5.32. The fraction of sp³-hybridized carbons (Fsp3) is 0.611. The van der Waals surface area contributed by atoms with E-state index < -0.39 is 0 Å². The Kier molecular flexibility index (Phi) is 4.11. The van der Waals surface area contributed by atoms with Crippen molar-refractivity contribution in [1.82, 2.24) is 29.8 Å². The number of carbonyl (C=O) groups excluding carboxylic acids is 1. The van der Waals surface area contributed by atoms with Gasteiger partial charge in [-0.15, -0.1) is 0 Å². The van der Waals surface area contributed by atoms with Crippen LogP contribution in [0.5, 0.6) is 0 Å². The lowest BCUT2D eigenvalue weighted by atomic mass is 9.98. The molecule has 25 heavy (non-hydrogen) atoms. The summed E-state index contributed by atoms with van der Waals surface area (Å²) in [6.45, 7) is 4.51. The molecule has 2 aliphatic heterocycles. The van der Waals surface area contributed by atoms with Gasteiger partial charge in [0, 0.05) is 30.0 Å². The number of carbonyl (C=O) groups is 1. The van der Waals surface area contributed by atoms with Crippen LogP contribution in [0.15, 0.2) is 18.3 Å². The fourth-order valence-corrected chi connectivity index (χ4v) is 4.31. The Labute approximate surface area is 148 Å². The van der Waals surface area contributed by atoms with Crippen LogP contribution in [0.2, 0.25) is 0 Å². The lowest BCUT2D eigenvalue weighted by Crippen LogP contribution is -2.48. The van der Waals surface area contributed by atoms with Crippen LogP contribution in [0.4, 0.5) is 0 Å². The summed E-state index contributed by atoms with van der Waals surface area (Å²) in [5, 5.41) is 12.0. The van der Waals surface area contributed by atoms with Gasteiger partial charge < -0.3 is 10.2 Å². The van der Waals surface area contributed by atoms with E-state index in [4.69, 9.17) is 0 Å². The number of aryl methyl sites for hydroxylation is 2. The number of fused-ring (bicyclic) bond motifs is 2. The maximum atomic E-state index is 12.5. The second-order valence-corrected chi connectivity index (χ2v) is 7.50. The molecule has 0 radical (unpaired) electrons. The Hall–Kier alpha value is -2.15. The fourth-order valence-electron chi connectivity index (χ4n) is 4.31. The molecule has 2 unspecified atom stereocenters. The Morgan fingerprint density at radius 3 is 2.60 bits per heavy atom. The van der Waals surface area contributed by atoms with Gasteiger partial charge in [0.25, 0.3) is 5.91 Å². The summed E-state index contributed by atoms with van der Waals surface area (Å²) in [5.41, 5.74) is 2.55. The third kappa shape index (κ3) is 3.20. The molecule has 1 amide bonds. The van der Waals surface area contributed by atoms with Crippen molar-refractivity contribution in [2.45, 2.75) is 64.3 Å². The summed E-state index contributed by atoms with van der Waals surface area (Å²) in [6.07, 6.45) is 6.44. The average molecular weight is 342 g/mol. The van der Waals surface area contributed by atoms with Gasteiger partial charge in [-0.05, 0) is 58.7 Å². The van der Waals surface area contributed by atoms with Gasteiger partial charge in [-0.3, -0.25) is 9.48 Å². The van der Waals surface area contributed by atoms with Crippen molar-refractivity contribution in [2.75, 3.05) is 7.05 Å². The molecule has 0 spiro atoms. The smallest absolute Gasteiger partial charge is 0.271 e. The number of amides is 1. The van der Waals surface area contributed by atoms with Crippen molar-refractivity contribution >= 4 is 5.91 Å². The van der Waals surface area contributed by atoms with E-state index in [1.54, 1.807) is 10.7 Å². The molecule has 2 fully saturated rings. The summed E-state index contributed by atoms with van der Waals surface area (Å²) >= 11 is 0. The molecule has 4 heterocycles. The van der Waals surface area contributed by atoms with Crippen molar-refractivity contribution < 1.29 is 4.79 Å². The molecule has 4 rings (SSSR count). The summed E-state index contributed by atoms with van der Waals surface area (Å²) < 4.78 is 3.64. The van der Waals surface area contributed by atoms with Crippen LogP contribution in [0.25, 0.3) is 0 Å². The molecule has 2 aliphatic rings. The standard InChI is InChI=1S/C18H26N6O/c1-12-8-13(2)24(20-12)11-23-7-6-17(21-23)18(25)19-14-9-15-4-5-16(10-14)22(15)3/h6-8,14-16H,4-5,9-11H2,1-3H3,(H,19,25). The zero-order valence-electron chi connectivity index (χ0n) is 15.1. The van der Waals surface area contributed by atoms with Crippen LogP contribution >= 0.6 is 0 Å². The minimum Gasteiger partial charge on any atom is -0.348 e. The van der Waals surface area contributed by atoms with Crippen LogP contribution < -0.4 is 5.32 Å². The quantitative estimate of drug-likeness (QED) is 0.915. The van der Waals surface area contributed by atoms with E-state index in [2.05, 4.69) is 27.5 Å². The van der Waals surface area contributed by atoms with Gasteiger partial charge in [0.1, 0.15) is 12.4 Å². The first kappa shape index (κ1) is 16.3. The van der Waals surface area contributed by atoms with Gasteiger partial charge in [-0.2, -0.15) is 10.2 Å². The Morgan fingerprint density at radius 2 is 1.96 bits per heavy atom. The summed E-state index contributed by atoms with van der Waals surface area (Å²) in [5.74, 6) is -0.0685. The van der Waals surface area contributed by atoms with E-state index in [1.807, 2.05) is 30.8 Å². The highest BCUT2D eigenvalue weighted by Gasteiger charge is 2.38. The predicted octanol–water partition coefficient (Wildman–Crippen LogP) is 1.56. The highest BCUT2D eigenvalue weighted by Crippen LogP contribution is 2.34. The molecular weight excluding hydrogens is 316 g/mol. The number of piperidine rings is 1. The van der Waals surface area contributed by atoms with E-state index in [9.17, 15) is 4.79 Å². The molecule has 7 nitrogen and oxygen atoms in total. The molecule has 2 bridgehead atoms. The van der Waals surface area contributed by atoms with Crippen molar-refractivity contribution in [3.8, 4) is 0 Å². The van der Waals surface area contributed by atoms with Crippen LogP contribution in [0.3, 0.4) is 0 Å². The van der Waals surface area contributed by atoms with Gasteiger partial charge in [0.15, 0.2) is 0 Å². The maximum absolute atomic E-state index is 12.5. The number of hydrogen-bond donors (Lipinski definition) is 1. The molecular formula is C18H26N6O. The van der Waals surface area contributed by atoms with Crippen LogP contribution in [0, 0.1) is 13.8 Å². The van der Waals surface area contributed by atoms with Gasteiger partial charge in [-0.1, -0.05) is 0 Å². The first-order valence-electron chi connectivity index (χ1n) is 9.07. The Bertz CT molecular complexity index is 764. The topological polar surface area (TPSA) is 68.0 Å². The Morgan fingerprint density at radius 1 is 1.24 bits per heavy atom. The molecule has 2 aromatic rings. The van der Waals surface area contributed by atoms with Crippen LogP contribution in [0.1, 0.15) is 47.6 Å². The number of rotatable bonds is 4. The lowest BCUT2D eigenvalue weighted by Gasteiger charge is -2.36. The zero-order valence-corrected chi connectivity index (χ0v) is 15.1. The molecule has 134 valence electrons. The second kappa shape index (κ2) is 6.29. The second-order valence-electron chi connectivity index (χ2n) is 7.50. The van der Waals surface area contributed by atoms with E-state index >= 15 is 0 Å². The number of nitrogens with zero attached hydrogens (tertiary/aromatic N) is 5. The normalized spacial score (nSPS) is 26.1. The van der Waals surface area contributed by atoms with Gasteiger partial charge >= 0.3 is 0 Å². The first-order valence-corrected chi connectivity index (χ1v) is 9.07. The summed E-state index contributed by atoms with van der Waals surface area (Å²) in [4.78, 5) is 15.0. The predicted molar refractivity (Wildman–Crippen MR) is 94.4 cm³/mol. The minimum absolute atomic E-state index is 0.0685. The average Bonchev–Trinajstić information content (AvgIpc) is 3.19. The third-order valence-electron chi connectivity index (χ3n) is 5.69. The minimum atomic E-state index is -0.0685. The third-order valence-corrected chi connectivity index (χ3v) is 5.69. The molecule has 7 heteroatoms.